The van der Waals surface area contributed by atoms with Crippen molar-refractivity contribution in [2.45, 2.75) is 19.9 Å². The minimum Gasteiger partial charge on any atom is -0.477 e. The monoisotopic (exact) mass is 471 g/mol. The van der Waals surface area contributed by atoms with Gasteiger partial charge in [0.1, 0.15) is 11.4 Å². The lowest BCUT2D eigenvalue weighted by Gasteiger charge is -2.36. The van der Waals surface area contributed by atoms with Crippen LogP contribution in [0.4, 0.5) is 10.1 Å². The Kier molecular flexibility index (Phi) is 6.37. The topological polar surface area (TPSA) is 82.8 Å². The Hall–Kier alpha value is -3.39. The summed E-state index contributed by atoms with van der Waals surface area (Å²) in [6.07, 6.45) is 1.57. The summed E-state index contributed by atoms with van der Waals surface area (Å²) in [6, 6.07) is 9.85. The molecule has 0 aliphatic carbocycles. The maximum atomic E-state index is 15.0. The number of benzene rings is 2. The number of halogens is 2. The Labute approximate surface area is 194 Å². The van der Waals surface area contributed by atoms with E-state index in [0.717, 1.165) is 11.6 Å². The summed E-state index contributed by atoms with van der Waals surface area (Å²) in [5, 5.41) is 9.95. The first kappa shape index (κ1) is 22.8. The van der Waals surface area contributed by atoms with Gasteiger partial charge in [0.05, 0.1) is 17.6 Å². The molecule has 0 radical (unpaired) electrons. The van der Waals surface area contributed by atoms with Crippen LogP contribution in [0, 0.1) is 5.82 Å². The zero-order valence-corrected chi connectivity index (χ0v) is 18.8. The maximum Gasteiger partial charge on any atom is 0.341 e. The number of aromatic carboxylic acids is 1. The standard InChI is InChI=1S/C24H23ClFN3O4/c1-2-27-14-18(24(32)33)23(31)17-12-19(26)21(13-20(17)27)28-7-9-29(10-8-28)22(30)11-15-3-5-16(25)6-4-15/h3-6,12-14H,2,7-11H2,1H3,(H,32,33). The molecule has 3 aromatic rings. The number of hydrogen-bond acceptors (Lipinski definition) is 4. The highest BCUT2D eigenvalue weighted by atomic mass is 35.5. The number of piperazine rings is 1. The van der Waals surface area contributed by atoms with Gasteiger partial charge in [-0.1, -0.05) is 23.7 Å². The molecule has 33 heavy (non-hydrogen) atoms. The Morgan fingerprint density at radius 1 is 1.09 bits per heavy atom. The Balaban J connectivity index is 1.54. The van der Waals surface area contributed by atoms with Crippen LogP contribution in [-0.2, 0) is 17.8 Å². The molecule has 0 bridgehead atoms. The van der Waals surface area contributed by atoms with E-state index in [1.807, 2.05) is 24.0 Å². The van der Waals surface area contributed by atoms with Crippen molar-refractivity contribution in [3.63, 3.8) is 0 Å². The molecular weight excluding hydrogens is 449 g/mol. The van der Waals surface area contributed by atoms with E-state index in [-0.39, 0.29) is 23.3 Å². The largest absolute Gasteiger partial charge is 0.477 e. The number of carboxylic acids is 1. The van der Waals surface area contributed by atoms with E-state index < -0.39 is 17.2 Å². The maximum absolute atomic E-state index is 15.0. The Morgan fingerprint density at radius 2 is 1.76 bits per heavy atom. The average Bonchev–Trinajstić information content (AvgIpc) is 2.80. The summed E-state index contributed by atoms with van der Waals surface area (Å²) < 4.78 is 16.6. The number of aryl methyl sites for hydroxylation is 1. The van der Waals surface area contributed by atoms with Crippen molar-refractivity contribution < 1.29 is 19.1 Å². The van der Waals surface area contributed by atoms with Crippen LogP contribution in [0.3, 0.4) is 0 Å². The van der Waals surface area contributed by atoms with Crippen LogP contribution in [0.5, 0.6) is 0 Å². The molecular formula is C24H23ClFN3O4. The normalized spacial score (nSPS) is 14.0. The first-order valence-corrected chi connectivity index (χ1v) is 11.0. The van der Waals surface area contributed by atoms with Crippen molar-refractivity contribution in [3.8, 4) is 0 Å². The number of aromatic nitrogens is 1. The predicted octanol–water partition coefficient (Wildman–Crippen LogP) is 3.40. The highest BCUT2D eigenvalue weighted by Gasteiger charge is 2.24. The average molecular weight is 472 g/mol. The van der Waals surface area contributed by atoms with Gasteiger partial charge in [-0.2, -0.15) is 0 Å². The second-order valence-electron chi connectivity index (χ2n) is 7.95. The molecule has 1 aliphatic rings. The number of hydrogen-bond donors (Lipinski definition) is 1. The molecule has 7 nitrogen and oxygen atoms in total. The zero-order valence-electron chi connectivity index (χ0n) is 18.1. The van der Waals surface area contributed by atoms with Gasteiger partial charge in [-0.25, -0.2) is 9.18 Å². The van der Waals surface area contributed by atoms with Gasteiger partial charge in [0.15, 0.2) is 0 Å². The van der Waals surface area contributed by atoms with Crippen molar-refractivity contribution >= 4 is 40.1 Å². The van der Waals surface area contributed by atoms with Crippen LogP contribution >= 0.6 is 11.6 Å². The Bertz CT molecular complexity index is 1280. The lowest BCUT2D eigenvalue weighted by atomic mass is 10.1. The SMILES string of the molecule is CCn1cc(C(=O)O)c(=O)c2cc(F)c(N3CCN(C(=O)Cc4ccc(Cl)cc4)CC3)cc21. The van der Waals surface area contributed by atoms with E-state index in [1.54, 1.807) is 27.7 Å². The number of nitrogens with zero attached hydrogens (tertiary/aromatic N) is 3. The first-order valence-electron chi connectivity index (χ1n) is 10.7. The number of fused-ring (bicyclic) bond motifs is 1. The number of amides is 1. The van der Waals surface area contributed by atoms with E-state index >= 15 is 0 Å². The van der Waals surface area contributed by atoms with E-state index in [1.165, 1.54) is 6.20 Å². The smallest absolute Gasteiger partial charge is 0.341 e. The Morgan fingerprint density at radius 3 is 2.36 bits per heavy atom. The van der Waals surface area contributed by atoms with Crippen LogP contribution in [0.2, 0.25) is 5.02 Å². The molecule has 0 saturated carbocycles. The molecule has 1 saturated heterocycles. The van der Waals surface area contributed by atoms with Crippen molar-refractivity contribution in [2.75, 3.05) is 31.1 Å². The zero-order chi connectivity index (χ0) is 23.7. The second kappa shape index (κ2) is 9.23. The summed E-state index contributed by atoms with van der Waals surface area (Å²) in [5.41, 5.74) is 0.599. The van der Waals surface area contributed by atoms with Crippen molar-refractivity contribution in [1.82, 2.24) is 9.47 Å². The summed E-state index contributed by atoms with van der Waals surface area (Å²) in [6.45, 7) is 4.03. The number of carboxylic acid groups (broad SMARTS) is 1. The quantitative estimate of drug-likeness (QED) is 0.616. The van der Waals surface area contributed by atoms with Gasteiger partial charge in [0.2, 0.25) is 11.3 Å². The van der Waals surface area contributed by atoms with Crippen molar-refractivity contribution in [1.29, 1.82) is 0 Å². The van der Waals surface area contributed by atoms with E-state index in [2.05, 4.69) is 0 Å². The summed E-state index contributed by atoms with van der Waals surface area (Å²) in [5.74, 6) is -1.93. The van der Waals surface area contributed by atoms with Gasteiger partial charge in [-0.05, 0) is 36.8 Å². The number of carbonyl (C=O) groups is 2. The summed E-state index contributed by atoms with van der Waals surface area (Å²) in [4.78, 5) is 40.2. The molecule has 2 aromatic carbocycles. The molecule has 172 valence electrons. The van der Waals surface area contributed by atoms with Crippen LogP contribution < -0.4 is 10.3 Å². The fourth-order valence-corrected chi connectivity index (χ4v) is 4.27. The van der Waals surface area contributed by atoms with Gasteiger partial charge in [-0.15, -0.1) is 0 Å². The molecule has 9 heteroatoms. The third-order valence-electron chi connectivity index (χ3n) is 5.96. The minimum atomic E-state index is -1.34. The minimum absolute atomic E-state index is 0.00280. The third-order valence-corrected chi connectivity index (χ3v) is 6.21. The molecule has 0 unspecified atom stereocenters. The molecule has 1 N–H and O–H groups in total. The van der Waals surface area contributed by atoms with Gasteiger partial charge in [-0.3, -0.25) is 9.59 Å². The molecule has 1 aromatic heterocycles. The number of rotatable bonds is 5. The lowest BCUT2D eigenvalue weighted by molar-refractivity contribution is -0.130. The third kappa shape index (κ3) is 4.57. The first-order chi connectivity index (χ1) is 15.8. The van der Waals surface area contributed by atoms with Crippen LogP contribution in [0.1, 0.15) is 22.8 Å². The van der Waals surface area contributed by atoms with E-state index in [9.17, 15) is 23.9 Å². The van der Waals surface area contributed by atoms with Gasteiger partial charge >= 0.3 is 5.97 Å². The molecule has 4 rings (SSSR count). The van der Waals surface area contributed by atoms with E-state index in [0.29, 0.717) is 49.0 Å². The predicted molar refractivity (Wildman–Crippen MR) is 125 cm³/mol. The lowest BCUT2D eigenvalue weighted by Crippen LogP contribution is -2.49. The molecule has 0 atom stereocenters. The fourth-order valence-electron chi connectivity index (χ4n) is 4.14. The van der Waals surface area contributed by atoms with Crippen LogP contribution in [0.15, 0.2) is 47.4 Å². The number of anilines is 1. The molecule has 1 fully saturated rings. The molecule has 2 heterocycles. The van der Waals surface area contributed by atoms with E-state index in [4.69, 9.17) is 11.6 Å². The highest BCUT2D eigenvalue weighted by Crippen LogP contribution is 2.26. The van der Waals surface area contributed by atoms with Gasteiger partial charge in [0.25, 0.3) is 0 Å². The molecule has 0 spiro atoms. The van der Waals surface area contributed by atoms with Gasteiger partial charge in [0, 0.05) is 49.3 Å². The molecule has 1 amide bonds. The van der Waals surface area contributed by atoms with Crippen LogP contribution in [-0.4, -0.2) is 52.6 Å². The van der Waals surface area contributed by atoms with Crippen molar-refractivity contribution in [3.05, 3.63) is 74.8 Å². The number of carbonyl (C=O) groups excluding carboxylic acids is 1. The van der Waals surface area contributed by atoms with Gasteiger partial charge < -0.3 is 19.5 Å². The van der Waals surface area contributed by atoms with Crippen molar-refractivity contribution in [2.24, 2.45) is 0 Å². The highest BCUT2D eigenvalue weighted by molar-refractivity contribution is 6.30. The molecule has 1 aliphatic heterocycles. The summed E-state index contributed by atoms with van der Waals surface area (Å²) >= 11 is 5.89. The second-order valence-corrected chi connectivity index (χ2v) is 8.39. The summed E-state index contributed by atoms with van der Waals surface area (Å²) in [7, 11) is 0. The van der Waals surface area contributed by atoms with Crippen LogP contribution in [0.25, 0.3) is 10.9 Å². The number of pyridine rings is 1. The fraction of sp³-hybridized carbons (Fsp3) is 0.292.